The Morgan fingerprint density at radius 1 is 1.24 bits per heavy atom. The molecule has 1 saturated heterocycles. The Labute approximate surface area is 199 Å². The summed E-state index contributed by atoms with van der Waals surface area (Å²) in [5, 5.41) is 6.09. The van der Waals surface area contributed by atoms with E-state index in [1.807, 2.05) is 35.8 Å². The van der Waals surface area contributed by atoms with Gasteiger partial charge in [-0.1, -0.05) is 0 Å². The van der Waals surface area contributed by atoms with Crippen molar-refractivity contribution in [3.8, 4) is 0 Å². The summed E-state index contributed by atoms with van der Waals surface area (Å²) in [6, 6.07) is 5.55. The minimum absolute atomic E-state index is 0.135. The van der Waals surface area contributed by atoms with Crippen LogP contribution in [-0.2, 0) is 4.74 Å². The first-order valence-corrected chi connectivity index (χ1v) is 11.6. The number of hydrogen-bond donors (Lipinski definition) is 0. The van der Waals surface area contributed by atoms with E-state index in [-0.39, 0.29) is 12.0 Å². The predicted molar refractivity (Wildman–Crippen MR) is 131 cm³/mol. The lowest BCUT2D eigenvalue weighted by atomic mass is 9.98. The van der Waals surface area contributed by atoms with Crippen LogP contribution in [-0.4, -0.2) is 57.5 Å². The number of nitrogens with zero attached hydrogens (tertiary/aromatic N) is 6. The van der Waals surface area contributed by atoms with Gasteiger partial charge in [0.2, 0.25) is 0 Å². The highest BCUT2D eigenvalue weighted by molar-refractivity contribution is 9.10. The summed E-state index contributed by atoms with van der Waals surface area (Å²) >= 11 is 3.58. The van der Waals surface area contributed by atoms with E-state index in [0.717, 1.165) is 45.5 Å². The van der Waals surface area contributed by atoms with E-state index in [4.69, 9.17) is 4.74 Å². The molecule has 1 aliphatic rings. The molecule has 0 N–H and O–H groups in total. The van der Waals surface area contributed by atoms with Gasteiger partial charge < -0.3 is 9.64 Å². The summed E-state index contributed by atoms with van der Waals surface area (Å²) in [5.74, 6) is -0.172. The Morgan fingerprint density at radius 2 is 2.12 bits per heavy atom. The van der Waals surface area contributed by atoms with Gasteiger partial charge in [-0.25, -0.2) is 9.67 Å². The predicted octanol–water partition coefficient (Wildman–Crippen LogP) is 4.89. The summed E-state index contributed by atoms with van der Waals surface area (Å²) in [5.41, 5.74) is 3.05. The Kier molecular flexibility index (Phi) is 5.90. The number of ketones is 1. The number of rotatable bonds is 5. The molecule has 5 rings (SSSR count). The van der Waals surface area contributed by atoms with E-state index in [2.05, 4.69) is 36.0 Å². The van der Waals surface area contributed by atoms with E-state index in [9.17, 15) is 4.79 Å². The summed E-state index contributed by atoms with van der Waals surface area (Å²) in [6.45, 7) is 0.713. The molecule has 1 fully saturated rings. The Morgan fingerprint density at radius 3 is 2.91 bits per heavy atom. The zero-order valence-corrected chi connectivity index (χ0v) is 20.0. The van der Waals surface area contributed by atoms with Crippen molar-refractivity contribution in [3.63, 3.8) is 0 Å². The molecule has 0 saturated carbocycles. The quantitative estimate of drug-likeness (QED) is 0.217. The maximum Gasteiger partial charge on any atom is 0.197 e. The lowest BCUT2D eigenvalue weighted by Crippen LogP contribution is -2.19. The number of carbonyl (C=O) groups is 1. The number of carbonyl (C=O) groups excluding carboxylic acids is 1. The first kappa shape index (κ1) is 21.7. The van der Waals surface area contributed by atoms with E-state index in [0.29, 0.717) is 23.4 Å². The zero-order chi connectivity index (χ0) is 22.9. The highest BCUT2D eigenvalue weighted by Crippen LogP contribution is 2.36. The van der Waals surface area contributed by atoms with Crippen LogP contribution in [0.4, 0.5) is 5.69 Å². The first-order valence-electron chi connectivity index (χ1n) is 10.8. The van der Waals surface area contributed by atoms with Gasteiger partial charge in [0.25, 0.3) is 0 Å². The third-order valence-electron chi connectivity index (χ3n) is 5.68. The largest absolute Gasteiger partial charge is 0.369 e. The minimum Gasteiger partial charge on any atom is -0.369 e. The summed E-state index contributed by atoms with van der Waals surface area (Å²) in [6.07, 6.45) is 11.4. The number of benzene rings is 1. The Bertz CT molecular complexity index is 1370. The van der Waals surface area contributed by atoms with Crippen LogP contribution in [0.2, 0.25) is 0 Å². The van der Waals surface area contributed by atoms with Crippen molar-refractivity contribution in [2.45, 2.75) is 25.5 Å². The fraction of sp³-hybridized carbons (Fsp3) is 0.292. The van der Waals surface area contributed by atoms with Crippen molar-refractivity contribution in [2.75, 3.05) is 20.7 Å². The monoisotopic (exact) mass is 506 g/mol. The average molecular weight is 507 g/mol. The molecule has 8 nitrogen and oxygen atoms in total. The van der Waals surface area contributed by atoms with Crippen LogP contribution in [0.1, 0.15) is 41.4 Å². The third kappa shape index (κ3) is 4.02. The van der Waals surface area contributed by atoms with Gasteiger partial charge >= 0.3 is 0 Å². The summed E-state index contributed by atoms with van der Waals surface area (Å²) in [7, 11) is 3.77. The average Bonchev–Trinajstić information content (AvgIpc) is 3.28. The van der Waals surface area contributed by atoms with Crippen molar-refractivity contribution in [1.82, 2.24) is 24.6 Å². The van der Waals surface area contributed by atoms with Gasteiger partial charge in [0.05, 0.1) is 46.6 Å². The second kappa shape index (κ2) is 8.99. The molecule has 4 aromatic rings. The summed E-state index contributed by atoms with van der Waals surface area (Å²) in [4.78, 5) is 29.2. The van der Waals surface area contributed by atoms with Crippen molar-refractivity contribution in [2.24, 2.45) is 4.99 Å². The Balaban J connectivity index is 1.66. The molecule has 9 heteroatoms. The number of fused-ring (bicyclic) bond motifs is 2. The van der Waals surface area contributed by atoms with Gasteiger partial charge in [-0.2, -0.15) is 5.10 Å². The van der Waals surface area contributed by atoms with Gasteiger partial charge in [-0.05, 0) is 53.4 Å². The smallest absolute Gasteiger partial charge is 0.197 e. The number of ether oxygens (including phenoxy) is 1. The highest BCUT2D eigenvalue weighted by atomic mass is 79.9. The van der Waals surface area contributed by atoms with Crippen LogP contribution < -0.4 is 0 Å². The molecule has 0 spiro atoms. The molecule has 1 atom stereocenters. The number of halogens is 1. The molecule has 33 heavy (non-hydrogen) atoms. The van der Waals surface area contributed by atoms with E-state index in [1.165, 1.54) is 0 Å². The molecular weight excluding hydrogens is 484 g/mol. The lowest BCUT2D eigenvalue weighted by Gasteiger charge is -2.23. The minimum atomic E-state index is -0.172. The number of aromatic nitrogens is 4. The fourth-order valence-corrected chi connectivity index (χ4v) is 4.66. The van der Waals surface area contributed by atoms with Gasteiger partial charge in [-0.15, -0.1) is 0 Å². The van der Waals surface area contributed by atoms with Gasteiger partial charge in [0, 0.05) is 48.3 Å². The van der Waals surface area contributed by atoms with Gasteiger partial charge in [0.15, 0.2) is 12.0 Å². The standard InChI is InChI=1S/C24H23BrN6O2/c1-30(2)14-28-22-15-6-5-8-27-23(15)19(25)10-16(22)24(32)18-11-26-13-20-17(18)12-29-31(20)21-7-3-4-9-33-21/h5-6,8,10-14,21H,3-4,7,9H2,1-2H3/b28-14+. The topological polar surface area (TPSA) is 85.5 Å². The molecule has 0 aliphatic carbocycles. The maximum absolute atomic E-state index is 13.9. The molecule has 0 amide bonds. The lowest BCUT2D eigenvalue weighted by molar-refractivity contribution is -0.0367. The number of aliphatic imine (C=N–C) groups is 1. The van der Waals surface area contributed by atoms with Crippen LogP contribution in [0.25, 0.3) is 21.8 Å². The van der Waals surface area contributed by atoms with Crippen molar-refractivity contribution in [1.29, 1.82) is 0 Å². The molecule has 1 aromatic carbocycles. The molecule has 3 aromatic heterocycles. The molecule has 168 valence electrons. The highest BCUT2D eigenvalue weighted by Gasteiger charge is 2.24. The van der Waals surface area contributed by atoms with Crippen LogP contribution in [0, 0.1) is 0 Å². The van der Waals surface area contributed by atoms with Crippen molar-refractivity contribution >= 4 is 55.5 Å². The van der Waals surface area contributed by atoms with Crippen molar-refractivity contribution < 1.29 is 9.53 Å². The Hall–Kier alpha value is -3.17. The van der Waals surface area contributed by atoms with Crippen LogP contribution in [0.5, 0.6) is 0 Å². The number of hydrogen-bond acceptors (Lipinski definition) is 6. The number of pyridine rings is 2. The van der Waals surface area contributed by atoms with Gasteiger partial charge in [-0.3, -0.25) is 14.8 Å². The van der Waals surface area contributed by atoms with E-state index >= 15 is 0 Å². The van der Waals surface area contributed by atoms with Gasteiger partial charge in [0.1, 0.15) is 0 Å². The van der Waals surface area contributed by atoms with Crippen LogP contribution >= 0.6 is 15.9 Å². The first-order chi connectivity index (χ1) is 16.0. The molecular formula is C24H23BrN6O2. The fourth-order valence-electron chi connectivity index (χ4n) is 4.11. The van der Waals surface area contributed by atoms with E-state index < -0.39 is 0 Å². The normalized spacial score (nSPS) is 16.6. The zero-order valence-electron chi connectivity index (χ0n) is 18.4. The molecule has 1 aliphatic heterocycles. The molecule has 1 unspecified atom stereocenters. The molecule has 4 heterocycles. The third-order valence-corrected chi connectivity index (χ3v) is 6.28. The van der Waals surface area contributed by atoms with Crippen LogP contribution in [0.3, 0.4) is 0 Å². The molecule has 0 bridgehead atoms. The maximum atomic E-state index is 13.9. The SMILES string of the molecule is CN(C)/C=N/c1c(C(=O)c2cncc3c2cnn3C2CCCCO2)cc(Br)c2ncccc12. The second-order valence-corrected chi connectivity index (χ2v) is 9.08. The van der Waals surface area contributed by atoms with Crippen molar-refractivity contribution in [3.05, 3.63) is 58.6 Å². The second-order valence-electron chi connectivity index (χ2n) is 8.22. The van der Waals surface area contributed by atoms with Crippen LogP contribution in [0.15, 0.2) is 52.5 Å². The van der Waals surface area contributed by atoms with E-state index in [1.54, 1.807) is 37.2 Å². The summed E-state index contributed by atoms with van der Waals surface area (Å²) < 4.78 is 8.47. The molecule has 0 radical (unpaired) electrons.